The van der Waals surface area contributed by atoms with Crippen LogP contribution in [0.2, 0.25) is 5.02 Å². The summed E-state index contributed by atoms with van der Waals surface area (Å²) in [6.07, 6.45) is 3.30. The molecule has 3 heteroatoms. The van der Waals surface area contributed by atoms with Crippen LogP contribution in [0.4, 0.5) is 0 Å². The Hall–Kier alpha value is -1.02. The lowest BCUT2D eigenvalue weighted by atomic mass is 9.96. The Kier molecular flexibility index (Phi) is 3.49. The van der Waals surface area contributed by atoms with Gasteiger partial charge >= 0.3 is 0 Å². The lowest BCUT2D eigenvalue weighted by Crippen LogP contribution is -2.30. The largest absolute Gasteiger partial charge is 0.483 e. The smallest absolute Gasteiger partial charge is 0.173 e. The van der Waals surface area contributed by atoms with Gasteiger partial charge in [-0.3, -0.25) is 4.79 Å². The van der Waals surface area contributed by atoms with E-state index >= 15 is 0 Å². The van der Waals surface area contributed by atoms with Crippen LogP contribution in [0.15, 0.2) is 18.2 Å². The van der Waals surface area contributed by atoms with Crippen LogP contribution < -0.4 is 4.74 Å². The van der Waals surface area contributed by atoms with Crippen molar-refractivity contribution >= 4 is 17.4 Å². The number of hydrogen-bond acceptors (Lipinski definition) is 2. The summed E-state index contributed by atoms with van der Waals surface area (Å²) in [6, 6.07) is 5.50. The van der Waals surface area contributed by atoms with Gasteiger partial charge in [0.15, 0.2) is 11.9 Å². The van der Waals surface area contributed by atoms with E-state index in [1.165, 1.54) is 0 Å². The van der Waals surface area contributed by atoms with Crippen molar-refractivity contribution in [1.29, 1.82) is 0 Å². The van der Waals surface area contributed by atoms with Crippen LogP contribution in [-0.4, -0.2) is 11.9 Å². The van der Waals surface area contributed by atoms with Crippen molar-refractivity contribution < 1.29 is 9.53 Å². The molecule has 2 nitrogen and oxygen atoms in total. The van der Waals surface area contributed by atoms with Gasteiger partial charge in [-0.2, -0.15) is 0 Å². The second-order valence-electron chi connectivity index (χ2n) is 4.23. The summed E-state index contributed by atoms with van der Waals surface area (Å²) < 4.78 is 5.70. The normalized spacial score (nSPS) is 20.9. The van der Waals surface area contributed by atoms with Crippen LogP contribution in [0.3, 0.4) is 0 Å². The van der Waals surface area contributed by atoms with Crippen LogP contribution in [0, 0.1) is 6.92 Å². The summed E-state index contributed by atoms with van der Waals surface area (Å²) in [4.78, 5) is 11.6. The molecule has 0 aromatic heterocycles. The molecule has 0 N–H and O–H groups in total. The predicted molar refractivity (Wildman–Crippen MR) is 64.1 cm³/mol. The molecule has 1 saturated carbocycles. The molecule has 0 amide bonds. The molecule has 0 heterocycles. The number of halogens is 1. The van der Waals surface area contributed by atoms with Crippen LogP contribution in [0.5, 0.6) is 5.75 Å². The molecule has 1 aromatic carbocycles. The van der Waals surface area contributed by atoms with Crippen molar-refractivity contribution in [3.63, 3.8) is 0 Å². The van der Waals surface area contributed by atoms with Crippen LogP contribution >= 0.6 is 11.6 Å². The SMILES string of the molecule is Cc1cc(OC2CCCCC2=O)ccc1Cl. The molecule has 86 valence electrons. The molecule has 1 aliphatic carbocycles. The first-order valence-electron chi connectivity index (χ1n) is 5.62. The highest BCUT2D eigenvalue weighted by Gasteiger charge is 2.23. The van der Waals surface area contributed by atoms with Gasteiger partial charge in [-0.05, 0) is 49.9 Å². The molecule has 0 radical (unpaired) electrons. The summed E-state index contributed by atoms with van der Waals surface area (Å²) in [5.74, 6) is 0.959. The van der Waals surface area contributed by atoms with E-state index in [9.17, 15) is 4.79 Å². The van der Waals surface area contributed by atoms with Crippen molar-refractivity contribution in [2.75, 3.05) is 0 Å². The van der Waals surface area contributed by atoms with E-state index in [0.717, 1.165) is 35.6 Å². The van der Waals surface area contributed by atoms with Gasteiger partial charge in [0.05, 0.1) is 0 Å². The van der Waals surface area contributed by atoms with Crippen molar-refractivity contribution in [3.8, 4) is 5.75 Å². The lowest BCUT2D eigenvalue weighted by molar-refractivity contribution is -0.127. The fourth-order valence-electron chi connectivity index (χ4n) is 1.93. The molecule has 16 heavy (non-hydrogen) atoms. The van der Waals surface area contributed by atoms with Gasteiger partial charge in [0, 0.05) is 11.4 Å². The second-order valence-corrected chi connectivity index (χ2v) is 4.64. The van der Waals surface area contributed by atoms with Gasteiger partial charge in [0.1, 0.15) is 5.75 Å². The summed E-state index contributed by atoms with van der Waals surface area (Å²) in [5, 5.41) is 0.724. The summed E-state index contributed by atoms with van der Waals surface area (Å²) >= 11 is 5.93. The number of benzene rings is 1. The van der Waals surface area contributed by atoms with E-state index in [-0.39, 0.29) is 11.9 Å². The predicted octanol–water partition coefficient (Wildman–Crippen LogP) is 3.54. The standard InChI is InChI=1S/C13H15ClO2/c1-9-8-10(6-7-11(9)14)16-13-5-3-2-4-12(13)15/h6-8,13H,2-5H2,1H3. The number of ether oxygens (including phenoxy) is 1. The average molecular weight is 239 g/mol. The first-order chi connectivity index (χ1) is 7.66. The van der Waals surface area contributed by atoms with Crippen LogP contribution in [0.1, 0.15) is 31.2 Å². The molecule has 1 aromatic rings. The summed E-state index contributed by atoms with van der Waals surface area (Å²) in [7, 11) is 0. The zero-order valence-electron chi connectivity index (χ0n) is 9.33. The molecule has 1 aliphatic rings. The monoisotopic (exact) mass is 238 g/mol. The molecule has 1 fully saturated rings. The zero-order chi connectivity index (χ0) is 11.5. The minimum absolute atomic E-state index is 0.221. The van der Waals surface area contributed by atoms with Crippen molar-refractivity contribution in [2.45, 2.75) is 38.7 Å². The van der Waals surface area contributed by atoms with Gasteiger partial charge in [0.25, 0.3) is 0 Å². The fraction of sp³-hybridized carbons (Fsp3) is 0.462. The number of hydrogen-bond donors (Lipinski definition) is 0. The number of rotatable bonds is 2. The molecular weight excluding hydrogens is 224 g/mol. The number of carbonyl (C=O) groups excluding carboxylic acids is 1. The van der Waals surface area contributed by atoms with Gasteiger partial charge < -0.3 is 4.74 Å². The molecule has 0 saturated heterocycles. The maximum absolute atomic E-state index is 11.6. The van der Waals surface area contributed by atoms with Crippen LogP contribution in [-0.2, 0) is 4.79 Å². The highest BCUT2D eigenvalue weighted by Crippen LogP contribution is 2.25. The molecule has 2 rings (SSSR count). The molecule has 1 unspecified atom stereocenters. The van der Waals surface area contributed by atoms with Crippen molar-refractivity contribution in [3.05, 3.63) is 28.8 Å². The minimum atomic E-state index is -0.255. The second kappa shape index (κ2) is 4.88. The average Bonchev–Trinajstić information content (AvgIpc) is 2.27. The van der Waals surface area contributed by atoms with Gasteiger partial charge in [-0.1, -0.05) is 11.6 Å². The van der Waals surface area contributed by atoms with E-state index in [2.05, 4.69) is 0 Å². The highest BCUT2D eigenvalue weighted by molar-refractivity contribution is 6.31. The Bertz CT molecular complexity index is 401. The zero-order valence-corrected chi connectivity index (χ0v) is 10.1. The first kappa shape index (κ1) is 11.5. The quantitative estimate of drug-likeness (QED) is 0.788. The third-order valence-electron chi connectivity index (χ3n) is 2.91. The summed E-state index contributed by atoms with van der Waals surface area (Å²) in [5.41, 5.74) is 0.974. The third kappa shape index (κ3) is 2.56. The molecule has 0 bridgehead atoms. The molecule has 0 spiro atoms. The van der Waals surface area contributed by atoms with Crippen molar-refractivity contribution in [1.82, 2.24) is 0 Å². The Morgan fingerprint density at radius 1 is 1.38 bits per heavy atom. The Morgan fingerprint density at radius 2 is 2.19 bits per heavy atom. The lowest BCUT2D eigenvalue weighted by Gasteiger charge is -2.22. The summed E-state index contributed by atoms with van der Waals surface area (Å²) in [6.45, 7) is 1.93. The van der Waals surface area contributed by atoms with E-state index in [1.54, 1.807) is 6.07 Å². The fourth-order valence-corrected chi connectivity index (χ4v) is 2.05. The van der Waals surface area contributed by atoms with Gasteiger partial charge in [0.2, 0.25) is 0 Å². The van der Waals surface area contributed by atoms with E-state index in [1.807, 2.05) is 19.1 Å². The Morgan fingerprint density at radius 3 is 2.88 bits per heavy atom. The Balaban J connectivity index is 2.08. The number of aryl methyl sites for hydroxylation is 1. The number of ketones is 1. The molecule has 0 aliphatic heterocycles. The molecular formula is C13H15ClO2. The van der Waals surface area contributed by atoms with E-state index < -0.39 is 0 Å². The van der Waals surface area contributed by atoms with Crippen LogP contribution in [0.25, 0.3) is 0 Å². The topological polar surface area (TPSA) is 26.3 Å². The number of Topliss-reactive ketones (excluding diaryl/α,β-unsaturated/α-hetero) is 1. The van der Waals surface area contributed by atoms with Gasteiger partial charge in [-0.15, -0.1) is 0 Å². The maximum atomic E-state index is 11.6. The van der Waals surface area contributed by atoms with E-state index in [4.69, 9.17) is 16.3 Å². The van der Waals surface area contributed by atoms with E-state index in [0.29, 0.717) is 6.42 Å². The van der Waals surface area contributed by atoms with Gasteiger partial charge in [-0.25, -0.2) is 0 Å². The first-order valence-corrected chi connectivity index (χ1v) is 6.00. The molecule has 1 atom stereocenters. The highest BCUT2D eigenvalue weighted by atomic mass is 35.5. The minimum Gasteiger partial charge on any atom is -0.483 e. The maximum Gasteiger partial charge on any atom is 0.173 e. The van der Waals surface area contributed by atoms with Crippen molar-refractivity contribution in [2.24, 2.45) is 0 Å². The third-order valence-corrected chi connectivity index (χ3v) is 3.33. The Labute approximate surface area is 101 Å². The number of carbonyl (C=O) groups is 1.